The van der Waals surface area contributed by atoms with Gasteiger partial charge in [-0.15, -0.1) is 0 Å². The highest BCUT2D eigenvalue weighted by atomic mass is 19.1. The van der Waals surface area contributed by atoms with E-state index in [-0.39, 0.29) is 31.4 Å². The van der Waals surface area contributed by atoms with Crippen LogP contribution in [-0.2, 0) is 4.79 Å². The lowest BCUT2D eigenvalue weighted by molar-refractivity contribution is -0.123. The predicted octanol–water partition coefficient (Wildman–Crippen LogP) is 2.81. The first kappa shape index (κ1) is 18.4. The first-order valence-corrected chi connectivity index (χ1v) is 8.34. The Morgan fingerprint density at radius 3 is 2.78 bits per heavy atom. The van der Waals surface area contributed by atoms with Crippen molar-refractivity contribution in [1.82, 2.24) is 5.32 Å². The molecule has 0 radical (unpaired) electrons. The van der Waals surface area contributed by atoms with Crippen LogP contribution in [0.15, 0.2) is 57.7 Å². The molecule has 1 aromatic heterocycles. The fourth-order valence-electron chi connectivity index (χ4n) is 2.51. The summed E-state index contributed by atoms with van der Waals surface area (Å²) >= 11 is 0. The Kier molecular flexibility index (Phi) is 5.71. The van der Waals surface area contributed by atoms with Crippen molar-refractivity contribution in [1.29, 1.82) is 0 Å². The number of halogens is 1. The molecule has 7 heteroatoms. The number of benzene rings is 2. The van der Waals surface area contributed by atoms with Crippen LogP contribution in [0.1, 0.15) is 5.56 Å². The summed E-state index contributed by atoms with van der Waals surface area (Å²) in [6.07, 6.45) is 0. The van der Waals surface area contributed by atoms with Gasteiger partial charge in [0, 0.05) is 17.5 Å². The molecule has 3 rings (SSSR count). The van der Waals surface area contributed by atoms with E-state index in [1.807, 2.05) is 6.92 Å². The zero-order chi connectivity index (χ0) is 19.2. The lowest BCUT2D eigenvalue weighted by atomic mass is 10.1. The maximum Gasteiger partial charge on any atom is 0.336 e. The second kappa shape index (κ2) is 8.35. The van der Waals surface area contributed by atoms with Gasteiger partial charge in [0.2, 0.25) is 0 Å². The summed E-state index contributed by atoms with van der Waals surface area (Å²) in [5.41, 5.74) is 0.765. The van der Waals surface area contributed by atoms with Crippen LogP contribution < -0.4 is 20.4 Å². The average molecular weight is 371 g/mol. The van der Waals surface area contributed by atoms with Crippen LogP contribution in [0.25, 0.3) is 11.0 Å². The molecule has 0 atom stereocenters. The summed E-state index contributed by atoms with van der Waals surface area (Å²) in [5, 5.41) is 3.42. The zero-order valence-electron chi connectivity index (χ0n) is 14.7. The van der Waals surface area contributed by atoms with Crippen LogP contribution in [0.2, 0.25) is 0 Å². The van der Waals surface area contributed by atoms with Gasteiger partial charge in [-0.2, -0.15) is 0 Å². The van der Waals surface area contributed by atoms with Gasteiger partial charge in [-0.05, 0) is 36.8 Å². The first-order chi connectivity index (χ1) is 13.0. The number of nitrogens with one attached hydrogen (secondary N) is 1. The molecule has 2 aromatic carbocycles. The molecule has 1 amide bonds. The van der Waals surface area contributed by atoms with Gasteiger partial charge < -0.3 is 19.2 Å². The van der Waals surface area contributed by atoms with E-state index in [1.54, 1.807) is 30.3 Å². The maximum atomic E-state index is 13.4. The van der Waals surface area contributed by atoms with Crippen LogP contribution in [0.3, 0.4) is 0 Å². The third-order valence-corrected chi connectivity index (χ3v) is 3.81. The van der Waals surface area contributed by atoms with E-state index < -0.39 is 11.4 Å². The smallest absolute Gasteiger partial charge is 0.336 e. The van der Waals surface area contributed by atoms with Gasteiger partial charge in [-0.3, -0.25) is 4.79 Å². The van der Waals surface area contributed by atoms with Gasteiger partial charge in [0.15, 0.2) is 18.2 Å². The molecule has 0 fully saturated rings. The Balaban J connectivity index is 1.47. The Hall–Kier alpha value is -3.35. The lowest BCUT2D eigenvalue weighted by Gasteiger charge is -2.10. The van der Waals surface area contributed by atoms with Crippen LogP contribution in [0.5, 0.6) is 11.5 Å². The van der Waals surface area contributed by atoms with Crippen LogP contribution >= 0.6 is 0 Å². The molecular formula is C20H18FNO5. The molecule has 0 saturated carbocycles. The topological polar surface area (TPSA) is 77.8 Å². The van der Waals surface area contributed by atoms with Gasteiger partial charge in [0.1, 0.15) is 17.9 Å². The van der Waals surface area contributed by atoms with Crippen molar-refractivity contribution in [3.8, 4) is 11.5 Å². The van der Waals surface area contributed by atoms with Crippen molar-refractivity contribution >= 4 is 16.9 Å². The van der Waals surface area contributed by atoms with Crippen molar-refractivity contribution < 1.29 is 23.1 Å². The van der Waals surface area contributed by atoms with Crippen LogP contribution in [0, 0.1) is 12.7 Å². The number of hydrogen-bond acceptors (Lipinski definition) is 5. The summed E-state index contributed by atoms with van der Waals surface area (Å²) in [4.78, 5) is 23.3. The largest absolute Gasteiger partial charge is 0.489 e. The average Bonchev–Trinajstić information content (AvgIpc) is 2.64. The molecule has 140 valence electrons. The quantitative estimate of drug-likeness (QED) is 0.510. The third kappa shape index (κ3) is 4.84. The number of carbonyl (C=O) groups is 1. The second-order valence-corrected chi connectivity index (χ2v) is 5.82. The first-order valence-electron chi connectivity index (χ1n) is 8.34. The number of rotatable bonds is 7. The number of aryl methyl sites for hydroxylation is 1. The Morgan fingerprint density at radius 1 is 1.15 bits per heavy atom. The third-order valence-electron chi connectivity index (χ3n) is 3.81. The van der Waals surface area contributed by atoms with Gasteiger partial charge in [0.25, 0.3) is 5.91 Å². The van der Waals surface area contributed by atoms with E-state index in [0.29, 0.717) is 11.3 Å². The van der Waals surface area contributed by atoms with E-state index in [0.717, 1.165) is 10.9 Å². The molecule has 0 spiro atoms. The van der Waals surface area contributed by atoms with Gasteiger partial charge >= 0.3 is 5.63 Å². The Morgan fingerprint density at radius 2 is 1.96 bits per heavy atom. The standard InChI is InChI=1S/C20H18FNO5/c1-13-10-20(24)27-18-11-14(6-7-15(13)18)26-12-19(23)22-8-9-25-17-5-3-2-4-16(17)21/h2-7,10-11H,8-9,12H2,1H3,(H,22,23). The molecule has 1 N–H and O–H groups in total. The number of amides is 1. The van der Waals surface area contributed by atoms with E-state index in [2.05, 4.69) is 5.32 Å². The molecule has 0 saturated heterocycles. The van der Waals surface area contributed by atoms with Crippen LogP contribution in [-0.4, -0.2) is 25.7 Å². The van der Waals surface area contributed by atoms with Crippen molar-refractivity contribution in [2.24, 2.45) is 0 Å². The molecule has 3 aromatic rings. The highest BCUT2D eigenvalue weighted by Crippen LogP contribution is 2.22. The normalized spacial score (nSPS) is 10.6. The molecule has 0 aliphatic carbocycles. The summed E-state index contributed by atoms with van der Waals surface area (Å²) in [6, 6.07) is 12.5. The number of fused-ring (bicyclic) bond motifs is 1. The molecule has 0 aliphatic heterocycles. The highest BCUT2D eigenvalue weighted by Gasteiger charge is 2.07. The number of carbonyl (C=O) groups excluding carboxylic acids is 1. The Labute approximate surface area is 154 Å². The van der Waals surface area contributed by atoms with Crippen molar-refractivity contribution in [3.05, 3.63) is 70.3 Å². The lowest BCUT2D eigenvalue weighted by Crippen LogP contribution is -2.32. The van der Waals surface area contributed by atoms with Crippen molar-refractivity contribution in [2.75, 3.05) is 19.8 Å². The molecule has 0 bridgehead atoms. The van der Waals surface area contributed by atoms with Crippen molar-refractivity contribution in [2.45, 2.75) is 6.92 Å². The zero-order valence-corrected chi connectivity index (χ0v) is 14.7. The summed E-state index contributed by atoms with van der Waals surface area (Å²) in [7, 11) is 0. The molecule has 0 aliphatic rings. The monoisotopic (exact) mass is 371 g/mol. The summed E-state index contributed by atoms with van der Waals surface area (Å²) in [5.74, 6) is -0.256. The van der Waals surface area contributed by atoms with E-state index in [4.69, 9.17) is 13.9 Å². The van der Waals surface area contributed by atoms with Gasteiger partial charge in [0.05, 0.1) is 6.54 Å². The molecular weight excluding hydrogens is 353 g/mol. The van der Waals surface area contributed by atoms with Gasteiger partial charge in [-0.25, -0.2) is 9.18 Å². The Bertz CT molecular complexity index is 1010. The fourth-order valence-corrected chi connectivity index (χ4v) is 2.51. The SMILES string of the molecule is Cc1cc(=O)oc2cc(OCC(=O)NCCOc3ccccc3F)ccc12. The predicted molar refractivity (Wildman–Crippen MR) is 97.6 cm³/mol. The highest BCUT2D eigenvalue weighted by molar-refractivity contribution is 5.81. The van der Waals surface area contributed by atoms with Gasteiger partial charge in [-0.1, -0.05) is 12.1 Å². The molecule has 1 heterocycles. The maximum absolute atomic E-state index is 13.4. The number of ether oxygens (including phenoxy) is 2. The van der Waals surface area contributed by atoms with E-state index >= 15 is 0 Å². The number of hydrogen-bond donors (Lipinski definition) is 1. The summed E-state index contributed by atoms with van der Waals surface area (Å²) in [6.45, 7) is 1.95. The number of para-hydroxylation sites is 1. The fraction of sp³-hybridized carbons (Fsp3) is 0.200. The minimum Gasteiger partial charge on any atom is -0.489 e. The molecule has 27 heavy (non-hydrogen) atoms. The van der Waals surface area contributed by atoms with E-state index in [9.17, 15) is 14.0 Å². The minimum absolute atomic E-state index is 0.132. The summed E-state index contributed by atoms with van der Waals surface area (Å²) < 4.78 is 29.2. The molecule has 0 unspecified atom stereocenters. The van der Waals surface area contributed by atoms with E-state index in [1.165, 1.54) is 18.2 Å². The minimum atomic E-state index is -0.453. The second-order valence-electron chi connectivity index (χ2n) is 5.82. The molecule has 6 nitrogen and oxygen atoms in total. The van der Waals surface area contributed by atoms with Crippen molar-refractivity contribution in [3.63, 3.8) is 0 Å². The van der Waals surface area contributed by atoms with Crippen LogP contribution in [0.4, 0.5) is 4.39 Å².